The quantitative estimate of drug-likeness (QED) is 0.240. The zero-order valence-corrected chi connectivity index (χ0v) is 27.3. The number of pyridine rings is 2. The molecule has 0 radical (unpaired) electrons. The van der Waals surface area contributed by atoms with Crippen LogP contribution in [-0.2, 0) is 9.47 Å². The number of urea groups is 1. The van der Waals surface area contributed by atoms with Crippen LogP contribution in [0.2, 0.25) is 10.0 Å². The molecule has 2 amide bonds. The van der Waals surface area contributed by atoms with E-state index in [1.807, 2.05) is 51.9 Å². The second kappa shape index (κ2) is 13.6. The second-order valence-corrected chi connectivity index (χ2v) is 12.6. The fourth-order valence-electron chi connectivity index (χ4n) is 6.41. The summed E-state index contributed by atoms with van der Waals surface area (Å²) >= 11 is 12.8. The van der Waals surface area contributed by atoms with Crippen LogP contribution in [0.1, 0.15) is 44.1 Å². The number of rotatable bonds is 6. The molecule has 3 aromatic heterocycles. The van der Waals surface area contributed by atoms with E-state index in [4.69, 9.17) is 47.5 Å². The Morgan fingerprint density at radius 2 is 1.70 bits per heavy atom. The van der Waals surface area contributed by atoms with Crippen molar-refractivity contribution in [3.8, 4) is 17.0 Å². The molecule has 3 aliphatic rings. The highest BCUT2D eigenvalue weighted by Crippen LogP contribution is 2.37. The minimum atomic E-state index is -0.397. The van der Waals surface area contributed by atoms with Crippen molar-refractivity contribution < 1.29 is 19.0 Å². The average Bonchev–Trinajstić information content (AvgIpc) is 3.48. The summed E-state index contributed by atoms with van der Waals surface area (Å²) in [5.41, 5.74) is 3.36. The molecule has 4 aromatic rings. The van der Waals surface area contributed by atoms with Crippen LogP contribution in [0.15, 0.2) is 48.9 Å². The summed E-state index contributed by atoms with van der Waals surface area (Å²) in [7, 11) is 0. The molecular weight excluding hydrogens is 629 g/mol. The molecular formula is C33H37Cl2N7O4. The Bertz CT molecular complexity index is 1660. The molecule has 11 nitrogen and oxygen atoms in total. The van der Waals surface area contributed by atoms with Gasteiger partial charge in [0.1, 0.15) is 23.4 Å². The Morgan fingerprint density at radius 3 is 2.39 bits per heavy atom. The highest BCUT2D eigenvalue weighted by atomic mass is 35.5. The van der Waals surface area contributed by atoms with Crippen molar-refractivity contribution in [1.82, 2.24) is 29.5 Å². The molecule has 0 saturated carbocycles. The van der Waals surface area contributed by atoms with Gasteiger partial charge < -0.3 is 28.9 Å². The van der Waals surface area contributed by atoms with E-state index in [1.165, 1.54) is 0 Å². The van der Waals surface area contributed by atoms with E-state index in [9.17, 15) is 4.79 Å². The van der Waals surface area contributed by atoms with Crippen molar-refractivity contribution in [2.75, 3.05) is 64.0 Å². The number of carbonyl (C=O) groups excluding carboxylic acids is 1. The first-order chi connectivity index (χ1) is 22.5. The van der Waals surface area contributed by atoms with Gasteiger partial charge in [-0.25, -0.2) is 14.5 Å². The van der Waals surface area contributed by atoms with Gasteiger partial charge in [0.25, 0.3) is 0 Å². The third kappa shape index (κ3) is 6.33. The van der Waals surface area contributed by atoms with E-state index in [1.54, 1.807) is 12.4 Å². The van der Waals surface area contributed by atoms with Crippen molar-refractivity contribution in [2.45, 2.75) is 38.5 Å². The predicted molar refractivity (Wildman–Crippen MR) is 177 cm³/mol. The minimum Gasteiger partial charge on any atom is -0.486 e. The normalized spacial score (nSPS) is 19.8. The Labute approximate surface area is 277 Å². The number of morpholine rings is 1. The number of hydrogen-bond acceptors (Lipinski definition) is 8. The number of amides is 2. The minimum absolute atomic E-state index is 0.0976. The van der Waals surface area contributed by atoms with E-state index in [0.717, 1.165) is 66.9 Å². The van der Waals surface area contributed by atoms with Crippen LogP contribution in [0, 0.1) is 0 Å². The van der Waals surface area contributed by atoms with Crippen LogP contribution in [0.4, 0.5) is 10.6 Å². The Balaban J connectivity index is 1.12. The number of aromatic nitrogens is 4. The number of carbonyl (C=O) groups is 1. The maximum atomic E-state index is 12.9. The molecule has 46 heavy (non-hydrogen) atoms. The predicted octanol–water partition coefficient (Wildman–Crippen LogP) is 6.21. The van der Waals surface area contributed by atoms with Crippen LogP contribution in [-0.4, -0.2) is 94.7 Å². The summed E-state index contributed by atoms with van der Waals surface area (Å²) < 4.78 is 19.9. The number of ether oxygens (including phenoxy) is 3. The van der Waals surface area contributed by atoms with Gasteiger partial charge in [-0.05, 0) is 56.5 Å². The zero-order valence-electron chi connectivity index (χ0n) is 25.8. The Kier molecular flexibility index (Phi) is 9.17. The maximum Gasteiger partial charge on any atom is 0.320 e. The number of benzene rings is 1. The van der Waals surface area contributed by atoms with Gasteiger partial charge in [-0.2, -0.15) is 5.10 Å². The summed E-state index contributed by atoms with van der Waals surface area (Å²) in [6.45, 7) is 7.91. The van der Waals surface area contributed by atoms with Crippen molar-refractivity contribution in [3.63, 3.8) is 0 Å². The van der Waals surface area contributed by atoms with E-state index >= 15 is 0 Å². The fraction of sp³-hybridized carbons (Fsp3) is 0.455. The highest BCUT2D eigenvalue weighted by Gasteiger charge is 2.28. The topological polar surface area (TPSA) is 98.1 Å². The third-order valence-corrected chi connectivity index (χ3v) is 9.50. The number of fused-ring (bicyclic) bond motifs is 1. The van der Waals surface area contributed by atoms with Crippen LogP contribution < -0.4 is 9.64 Å². The van der Waals surface area contributed by atoms with Gasteiger partial charge in [0.15, 0.2) is 6.23 Å². The lowest BCUT2D eigenvalue weighted by atomic mass is 10.1. The van der Waals surface area contributed by atoms with Crippen molar-refractivity contribution in [3.05, 3.63) is 64.5 Å². The first-order valence-electron chi connectivity index (χ1n) is 15.9. The SMILES string of the molecule is CC(Oc1ccc2c(c1)c(-c1ccc(N3CCN(C(=O)N4CCOCC4)CC3)nc1)nn2C1CCCCO1)c1c(Cl)cncc1Cl. The van der Waals surface area contributed by atoms with Crippen LogP contribution in [0.25, 0.3) is 22.2 Å². The lowest BCUT2D eigenvalue weighted by Gasteiger charge is -2.38. The van der Waals surface area contributed by atoms with Gasteiger partial charge in [0, 0.05) is 81.0 Å². The van der Waals surface area contributed by atoms with Gasteiger partial charge >= 0.3 is 6.03 Å². The molecule has 0 N–H and O–H groups in total. The fourth-order valence-corrected chi connectivity index (χ4v) is 7.08. The summed E-state index contributed by atoms with van der Waals surface area (Å²) in [4.78, 5) is 27.9. The standard InChI is InChI=1S/C33H37Cl2N7O4/c1-22(31-26(34)20-36-21-27(31)35)46-24-6-7-28-25(18-24)32(38-42(28)30-4-2-3-15-45-30)23-5-8-29(37-19-23)39-9-11-40(12-10-39)33(43)41-13-16-44-17-14-41/h5-8,18-22,30H,2-4,9-17H2,1H3. The van der Waals surface area contributed by atoms with Crippen molar-refractivity contribution in [2.24, 2.45) is 0 Å². The summed E-state index contributed by atoms with van der Waals surface area (Å²) in [6, 6.07) is 10.2. The molecule has 6 heterocycles. The van der Waals surface area contributed by atoms with Gasteiger partial charge in [0.2, 0.25) is 0 Å². The molecule has 13 heteroatoms. The van der Waals surface area contributed by atoms with Crippen LogP contribution in [0.3, 0.4) is 0 Å². The summed E-state index contributed by atoms with van der Waals surface area (Å²) in [5, 5.41) is 6.94. The smallest absolute Gasteiger partial charge is 0.320 e. The number of anilines is 1. The van der Waals surface area contributed by atoms with Gasteiger partial charge in [-0.15, -0.1) is 0 Å². The monoisotopic (exact) mass is 665 g/mol. The van der Waals surface area contributed by atoms with Crippen molar-refractivity contribution >= 4 is 46.0 Å². The summed E-state index contributed by atoms with van der Waals surface area (Å²) in [5.74, 6) is 1.55. The van der Waals surface area contributed by atoms with Gasteiger partial charge in [-0.3, -0.25) is 4.98 Å². The molecule has 3 saturated heterocycles. The van der Waals surface area contributed by atoms with E-state index in [-0.39, 0.29) is 12.3 Å². The van der Waals surface area contributed by atoms with Gasteiger partial charge in [-0.1, -0.05) is 23.2 Å². The molecule has 0 aliphatic carbocycles. The number of nitrogens with zero attached hydrogens (tertiary/aromatic N) is 7. The molecule has 2 unspecified atom stereocenters. The molecule has 7 rings (SSSR count). The Hall–Kier alpha value is -3.64. The second-order valence-electron chi connectivity index (χ2n) is 11.8. The largest absolute Gasteiger partial charge is 0.486 e. The van der Waals surface area contributed by atoms with Gasteiger partial charge in [0.05, 0.1) is 28.8 Å². The molecule has 242 valence electrons. The molecule has 2 atom stereocenters. The van der Waals surface area contributed by atoms with Crippen molar-refractivity contribution in [1.29, 1.82) is 0 Å². The highest BCUT2D eigenvalue weighted by molar-refractivity contribution is 6.35. The van der Waals surface area contributed by atoms with Crippen LogP contribution >= 0.6 is 23.2 Å². The first-order valence-corrected chi connectivity index (χ1v) is 16.6. The third-order valence-electron chi connectivity index (χ3n) is 8.89. The lowest BCUT2D eigenvalue weighted by Crippen LogP contribution is -2.55. The molecule has 3 fully saturated rings. The molecule has 0 spiro atoms. The average molecular weight is 667 g/mol. The number of halogens is 2. The van der Waals surface area contributed by atoms with E-state index < -0.39 is 6.10 Å². The maximum absolute atomic E-state index is 12.9. The number of hydrogen-bond donors (Lipinski definition) is 0. The molecule has 1 aromatic carbocycles. The van der Waals surface area contributed by atoms with E-state index in [2.05, 4.69) is 16.0 Å². The Morgan fingerprint density at radius 1 is 0.935 bits per heavy atom. The number of piperazine rings is 1. The summed E-state index contributed by atoms with van der Waals surface area (Å²) in [6.07, 6.45) is 7.54. The molecule has 0 bridgehead atoms. The molecule has 3 aliphatic heterocycles. The van der Waals surface area contributed by atoms with E-state index in [0.29, 0.717) is 60.8 Å². The zero-order chi connectivity index (χ0) is 31.6. The van der Waals surface area contributed by atoms with Crippen LogP contribution in [0.5, 0.6) is 5.75 Å². The first kappa shape index (κ1) is 31.0. The lowest BCUT2D eigenvalue weighted by molar-refractivity contribution is -0.0365.